The van der Waals surface area contributed by atoms with Crippen LogP contribution in [0.15, 0.2) is 18.2 Å². The number of carbonyl (C=O) groups excluding carboxylic acids is 1. The third kappa shape index (κ3) is 5.90. The molecule has 0 heterocycles. The summed E-state index contributed by atoms with van der Waals surface area (Å²) in [5, 5.41) is 5.54. The van der Waals surface area contributed by atoms with Gasteiger partial charge in [-0.05, 0) is 25.2 Å². The minimum absolute atomic E-state index is 0. The monoisotopic (exact) mass is 328 g/mol. The van der Waals surface area contributed by atoms with Crippen LogP contribution in [0.4, 0.5) is 14.5 Å². The van der Waals surface area contributed by atoms with E-state index in [1.165, 1.54) is 18.2 Å². The van der Waals surface area contributed by atoms with E-state index < -0.39 is 6.61 Å². The van der Waals surface area contributed by atoms with E-state index in [9.17, 15) is 13.6 Å². The average molecular weight is 329 g/mol. The molecule has 20 heavy (non-hydrogen) atoms. The van der Waals surface area contributed by atoms with Gasteiger partial charge in [-0.3, -0.25) is 4.79 Å². The van der Waals surface area contributed by atoms with Gasteiger partial charge in [-0.25, -0.2) is 0 Å². The van der Waals surface area contributed by atoms with E-state index in [4.69, 9.17) is 11.6 Å². The van der Waals surface area contributed by atoms with Crippen LogP contribution in [0.1, 0.15) is 6.92 Å². The highest BCUT2D eigenvalue weighted by Crippen LogP contribution is 2.29. The summed E-state index contributed by atoms with van der Waals surface area (Å²) in [6, 6.07) is 4.10. The molecule has 0 spiro atoms. The molecule has 114 valence electrons. The van der Waals surface area contributed by atoms with Gasteiger partial charge in [0.05, 0.1) is 5.02 Å². The maximum atomic E-state index is 12.0. The van der Waals surface area contributed by atoms with E-state index >= 15 is 0 Å². The fourth-order valence-electron chi connectivity index (χ4n) is 1.43. The van der Waals surface area contributed by atoms with Crippen molar-refractivity contribution in [2.24, 2.45) is 5.92 Å². The van der Waals surface area contributed by atoms with Gasteiger partial charge in [0.1, 0.15) is 5.75 Å². The fourth-order valence-corrected chi connectivity index (χ4v) is 1.66. The molecule has 8 heteroatoms. The quantitative estimate of drug-likeness (QED) is 0.843. The predicted molar refractivity (Wildman–Crippen MR) is 77.1 cm³/mol. The molecule has 0 radical (unpaired) electrons. The normalized spacial score (nSPS) is 11.7. The Bertz CT molecular complexity index is 447. The number of carbonyl (C=O) groups is 1. The molecule has 1 rings (SSSR count). The number of benzene rings is 1. The maximum Gasteiger partial charge on any atom is 0.387 e. The summed E-state index contributed by atoms with van der Waals surface area (Å²) >= 11 is 5.78. The highest BCUT2D eigenvalue weighted by molar-refractivity contribution is 6.32. The summed E-state index contributed by atoms with van der Waals surface area (Å²) in [5.41, 5.74) is 0.430. The molecule has 1 aromatic carbocycles. The molecule has 0 saturated heterocycles. The molecule has 0 aliphatic rings. The number of ether oxygens (including phenoxy) is 1. The second kappa shape index (κ2) is 8.94. The first-order chi connectivity index (χ1) is 8.93. The third-order valence-corrected chi connectivity index (χ3v) is 2.67. The molecule has 1 unspecified atom stereocenters. The highest BCUT2D eigenvalue weighted by atomic mass is 35.5. The molecular formula is C12H16Cl2F2N2O2. The van der Waals surface area contributed by atoms with Crippen LogP contribution in [0, 0.1) is 5.92 Å². The highest BCUT2D eigenvalue weighted by Gasteiger charge is 2.13. The van der Waals surface area contributed by atoms with Gasteiger partial charge in [0.2, 0.25) is 5.91 Å². The van der Waals surface area contributed by atoms with Gasteiger partial charge in [0.25, 0.3) is 0 Å². The van der Waals surface area contributed by atoms with Crippen LogP contribution in [0.2, 0.25) is 5.02 Å². The minimum atomic E-state index is -2.94. The smallest absolute Gasteiger partial charge is 0.387 e. The van der Waals surface area contributed by atoms with E-state index in [1.807, 2.05) is 0 Å². The Hall–Kier alpha value is -1.11. The lowest BCUT2D eigenvalue weighted by molar-refractivity contribution is -0.119. The topological polar surface area (TPSA) is 50.4 Å². The van der Waals surface area contributed by atoms with Crippen LogP contribution < -0.4 is 15.4 Å². The molecule has 1 amide bonds. The summed E-state index contributed by atoms with van der Waals surface area (Å²) in [6.07, 6.45) is 0. The van der Waals surface area contributed by atoms with Gasteiger partial charge >= 0.3 is 6.61 Å². The van der Waals surface area contributed by atoms with Crippen LogP contribution in [-0.4, -0.2) is 26.1 Å². The molecule has 0 aromatic heterocycles. The van der Waals surface area contributed by atoms with Crippen LogP contribution in [0.5, 0.6) is 5.75 Å². The zero-order chi connectivity index (χ0) is 14.4. The Morgan fingerprint density at radius 1 is 1.45 bits per heavy atom. The molecule has 2 N–H and O–H groups in total. The second-order valence-corrected chi connectivity index (χ2v) is 4.38. The number of amides is 1. The number of rotatable bonds is 6. The SMILES string of the molecule is CNCC(C)C(=O)Nc1ccc(OC(F)F)c(Cl)c1.Cl. The number of hydrogen-bond acceptors (Lipinski definition) is 3. The Morgan fingerprint density at radius 2 is 2.10 bits per heavy atom. The Morgan fingerprint density at radius 3 is 2.60 bits per heavy atom. The van der Waals surface area contributed by atoms with Crippen LogP contribution in [0.3, 0.4) is 0 Å². The van der Waals surface area contributed by atoms with Gasteiger partial charge in [0.15, 0.2) is 0 Å². The fraction of sp³-hybridized carbons (Fsp3) is 0.417. The first-order valence-corrected chi connectivity index (χ1v) is 6.01. The van der Waals surface area contributed by atoms with Gasteiger partial charge in [-0.1, -0.05) is 18.5 Å². The van der Waals surface area contributed by atoms with Crippen molar-refractivity contribution in [3.05, 3.63) is 23.2 Å². The number of anilines is 1. The van der Waals surface area contributed by atoms with Crippen molar-refractivity contribution in [3.8, 4) is 5.75 Å². The van der Waals surface area contributed by atoms with E-state index in [0.29, 0.717) is 12.2 Å². The van der Waals surface area contributed by atoms with E-state index in [0.717, 1.165) is 0 Å². The van der Waals surface area contributed by atoms with Gasteiger partial charge in [-0.15, -0.1) is 12.4 Å². The van der Waals surface area contributed by atoms with Crippen molar-refractivity contribution in [3.63, 3.8) is 0 Å². The molecular weight excluding hydrogens is 313 g/mol. The number of halogens is 4. The standard InChI is InChI=1S/C12H15ClF2N2O2.ClH/c1-7(6-16-2)11(18)17-8-3-4-10(9(13)5-8)19-12(14)15;/h3-5,7,12,16H,6H2,1-2H3,(H,17,18);1H. The molecule has 0 aliphatic carbocycles. The summed E-state index contributed by atoms with van der Waals surface area (Å²) in [7, 11) is 1.75. The van der Waals surface area contributed by atoms with E-state index in [1.54, 1.807) is 14.0 Å². The van der Waals surface area contributed by atoms with Crippen molar-refractivity contribution >= 4 is 35.6 Å². The van der Waals surface area contributed by atoms with Crippen molar-refractivity contribution < 1.29 is 18.3 Å². The van der Waals surface area contributed by atoms with Crippen molar-refractivity contribution in [2.75, 3.05) is 18.9 Å². The lowest BCUT2D eigenvalue weighted by Gasteiger charge is -2.13. The molecule has 4 nitrogen and oxygen atoms in total. The zero-order valence-corrected chi connectivity index (χ0v) is 12.5. The molecule has 0 saturated carbocycles. The van der Waals surface area contributed by atoms with Crippen LogP contribution in [0.25, 0.3) is 0 Å². The summed E-state index contributed by atoms with van der Waals surface area (Å²) < 4.78 is 28.3. The molecule has 1 aromatic rings. The Labute approximate surface area is 127 Å². The maximum absolute atomic E-state index is 12.0. The van der Waals surface area contributed by atoms with Crippen LogP contribution >= 0.6 is 24.0 Å². The number of nitrogens with one attached hydrogen (secondary N) is 2. The van der Waals surface area contributed by atoms with Crippen molar-refractivity contribution in [1.82, 2.24) is 5.32 Å². The van der Waals surface area contributed by atoms with Crippen LogP contribution in [-0.2, 0) is 4.79 Å². The first-order valence-electron chi connectivity index (χ1n) is 5.64. The third-order valence-electron chi connectivity index (χ3n) is 2.37. The van der Waals surface area contributed by atoms with E-state index in [2.05, 4.69) is 15.4 Å². The minimum Gasteiger partial charge on any atom is -0.433 e. The first kappa shape index (κ1) is 18.9. The lowest BCUT2D eigenvalue weighted by atomic mass is 10.1. The molecule has 0 fully saturated rings. The Balaban J connectivity index is 0.00000361. The van der Waals surface area contributed by atoms with Gasteiger partial charge < -0.3 is 15.4 Å². The molecule has 1 atom stereocenters. The largest absolute Gasteiger partial charge is 0.433 e. The van der Waals surface area contributed by atoms with Gasteiger partial charge in [0, 0.05) is 18.2 Å². The average Bonchev–Trinajstić information content (AvgIpc) is 2.32. The van der Waals surface area contributed by atoms with Gasteiger partial charge in [-0.2, -0.15) is 8.78 Å². The zero-order valence-electron chi connectivity index (χ0n) is 11.0. The van der Waals surface area contributed by atoms with Crippen molar-refractivity contribution in [2.45, 2.75) is 13.5 Å². The number of hydrogen-bond donors (Lipinski definition) is 2. The van der Waals surface area contributed by atoms with E-state index in [-0.39, 0.29) is 35.0 Å². The number of alkyl halides is 2. The predicted octanol–water partition coefficient (Wildman–Crippen LogP) is 3.16. The second-order valence-electron chi connectivity index (χ2n) is 3.97. The Kier molecular flexibility index (Phi) is 8.45. The summed E-state index contributed by atoms with van der Waals surface area (Å²) in [4.78, 5) is 11.7. The summed E-state index contributed by atoms with van der Waals surface area (Å²) in [5.74, 6) is -0.536. The lowest BCUT2D eigenvalue weighted by Crippen LogP contribution is -2.28. The summed E-state index contributed by atoms with van der Waals surface area (Å²) in [6.45, 7) is -0.637. The molecule has 0 aliphatic heterocycles. The van der Waals surface area contributed by atoms with Crippen molar-refractivity contribution in [1.29, 1.82) is 0 Å². The molecule has 0 bridgehead atoms.